The lowest BCUT2D eigenvalue weighted by atomic mass is 10.6. The third-order valence-electron chi connectivity index (χ3n) is 0.499. The van der Waals surface area contributed by atoms with Crippen LogP contribution in [0.4, 0.5) is 0 Å². The van der Waals surface area contributed by atoms with E-state index in [0.29, 0.717) is 5.03 Å². The fraction of sp³-hybridized carbons (Fsp3) is 0. The van der Waals surface area contributed by atoms with Crippen LogP contribution in [0.2, 0.25) is 0 Å². The first kappa shape index (κ1) is 4.53. The zero-order valence-corrected chi connectivity index (χ0v) is 4.18. The smallest absolute Gasteiger partial charge is 0.161 e. The van der Waals surface area contributed by atoms with E-state index in [-0.39, 0.29) is 0 Å². The van der Waals surface area contributed by atoms with Crippen molar-refractivity contribution in [1.29, 1.82) is 0 Å². The summed E-state index contributed by atoms with van der Waals surface area (Å²) in [5.41, 5.74) is 0. The summed E-state index contributed by atoms with van der Waals surface area (Å²) in [6.07, 6.45) is 4.26. The van der Waals surface area contributed by atoms with Gasteiger partial charge in [-0.25, -0.2) is 0 Å². The lowest BCUT2D eigenvalue weighted by Crippen LogP contribution is -1.82. The molecule has 38 valence electrons. The second-order valence-electron chi connectivity index (χ2n) is 0.998. The van der Waals surface area contributed by atoms with Crippen molar-refractivity contribution in [1.82, 2.24) is 0 Å². The molecule has 0 bridgehead atoms. The maximum atomic E-state index is 5.39. The van der Waals surface area contributed by atoms with E-state index in [1.165, 1.54) is 12.5 Å². The van der Waals surface area contributed by atoms with Gasteiger partial charge < -0.3 is 0 Å². The molecule has 0 aliphatic carbocycles. The minimum Gasteiger partial charge on any atom is -0.298 e. The highest BCUT2D eigenvalue weighted by atomic mass is 35.5. The Labute approximate surface area is 45.9 Å². The van der Waals surface area contributed by atoms with Crippen LogP contribution in [0.5, 0.6) is 0 Å². The summed E-state index contributed by atoms with van der Waals surface area (Å²) >= 11 is 5.39. The Morgan fingerprint density at radius 1 is 1.43 bits per heavy atom. The highest BCUT2D eigenvalue weighted by Crippen LogP contribution is 2.07. The van der Waals surface area contributed by atoms with Gasteiger partial charge in [-0.2, -0.15) is 0 Å². The second kappa shape index (κ2) is 1.89. The summed E-state index contributed by atoms with van der Waals surface area (Å²) in [6.45, 7) is 0. The molecular weight excluding hydrogens is 115 g/mol. The van der Waals surface area contributed by atoms with E-state index >= 15 is 0 Å². The van der Waals surface area contributed by atoms with Crippen molar-refractivity contribution in [2.24, 2.45) is 0 Å². The molecule has 0 saturated carbocycles. The number of halogens is 1. The molecule has 0 atom stereocenters. The number of hydrogen-bond donors (Lipinski definition) is 0. The average Bonchev–Trinajstić information content (AvgIpc) is 1.69. The second-order valence-corrected chi connectivity index (χ2v) is 1.43. The van der Waals surface area contributed by atoms with Crippen molar-refractivity contribution in [2.75, 3.05) is 0 Å². The van der Waals surface area contributed by atoms with Crippen molar-refractivity contribution in [3.05, 3.63) is 23.6 Å². The summed E-state index contributed by atoms with van der Waals surface area (Å²) in [4.78, 5) is 8.60. The van der Waals surface area contributed by atoms with Gasteiger partial charge in [0.15, 0.2) is 6.26 Å². The van der Waals surface area contributed by atoms with Crippen LogP contribution in [0.1, 0.15) is 0 Å². The Kier molecular flexibility index (Phi) is 1.22. The highest BCUT2D eigenvalue weighted by Gasteiger charge is 1.90. The van der Waals surface area contributed by atoms with Crippen LogP contribution < -0.4 is 0 Å². The molecule has 1 heterocycles. The van der Waals surface area contributed by atoms with Gasteiger partial charge in [0, 0.05) is 0 Å². The van der Waals surface area contributed by atoms with Crippen molar-refractivity contribution in [3.63, 3.8) is 0 Å². The SMILES string of the molecule is ClC1=COOC=C1. The van der Waals surface area contributed by atoms with Gasteiger partial charge in [0.2, 0.25) is 0 Å². The summed E-state index contributed by atoms with van der Waals surface area (Å²) in [5, 5.41) is 0.534. The molecule has 0 aromatic heterocycles. The van der Waals surface area contributed by atoms with Crippen molar-refractivity contribution >= 4 is 11.6 Å². The first-order valence-corrected chi connectivity index (χ1v) is 2.12. The summed E-state index contributed by atoms with van der Waals surface area (Å²) < 4.78 is 0. The molecule has 7 heavy (non-hydrogen) atoms. The molecule has 0 amide bonds. The monoisotopic (exact) mass is 118 g/mol. The van der Waals surface area contributed by atoms with E-state index in [1.54, 1.807) is 6.08 Å². The van der Waals surface area contributed by atoms with Crippen LogP contribution in [0.15, 0.2) is 23.6 Å². The summed E-state index contributed by atoms with van der Waals surface area (Å²) in [6, 6.07) is 0. The molecule has 2 nitrogen and oxygen atoms in total. The lowest BCUT2D eigenvalue weighted by Gasteiger charge is -1.98. The minimum atomic E-state index is 0.534. The Balaban J connectivity index is 2.58. The van der Waals surface area contributed by atoms with E-state index in [9.17, 15) is 0 Å². The molecular formula is C4H3ClO2. The quantitative estimate of drug-likeness (QED) is 0.449. The van der Waals surface area contributed by atoms with E-state index in [4.69, 9.17) is 11.6 Å². The van der Waals surface area contributed by atoms with Crippen molar-refractivity contribution < 1.29 is 9.78 Å². The van der Waals surface area contributed by atoms with E-state index in [1.807, 2.05) is 0 Å². The molecule has 1 aliphatic heterocycles. The molecule has 0 radical (unpaired) electrons. The van der Waals surface area contributed by atoms with E-state index in [0.717, 1.165) is 0 Å². The third kappa shape index (κ3) is 1.12. The standard InChI is InChI=1S/C4H3ClO2/c5-4-1-2-6-7-3-4/h1-3H. The van der Waals surface area contributed by atoms with Gasteiger partial charge in [-0.15, -0.1) is 0 Å². The Morgan fingerprint density at radius 3 is 2.57 bits per heavy atom. The van der Waals surface area contributed by atoms with Crippen LogP contribution >= 0.6 is 11.6 Å². The van der Waals surface area contributed by atoms with E-state index < -0.39 is 0 Å². The molecule has 3 heteroatoms. The average molecular weight is 119 g/mol. The molecule has 0 N–H and O–H groups in total. The molecule has 1 rings (SSSR count). The van der Waals surface area contributed by atoms with Gasteiger partial charge in [0.1, 0.15) is 6.26 Å². The zero-order valence-electron chi connectivity index (χ0n) is 3.43. The predicted octanol–water partition coefficient (Wildman–Crippen LogP) is 1.54. The van der Waals surface area contributed by atoms with Gasteiger partial charge >= 0.3 is 0 Å². The Hall–Kier alpha value is -0.630. The molecule has 0 fully saturated rings. The summed E-state index contributed by atoms with van der Waals surface area (Å²) in [5.74, 6) is 0. The topological polar surface area (TPSA) is 18.5 Å². The van der Waals surface area contributed by atoms with Crippen LogP contribution in [0, 0.1) is 0 Å². The van der Waals surface area contributed by atoms with Gasteiger partial charge in [0.25, 0.3) is 0 Å². The van der Waals surface area contributed by atoms with Gasteiger partial charge in [-0.05, 0) is 6.08 Å². The molecule has 0 spiro atoms. The van der Waals surface area contributed by atoms with Crippen LogP contribution in [0.25, 0.3) is 0 Å². The lowest BCUT2D eigenvalue weighted by molar-refractivity contribution is -0.198. The largest absolute Gasteiger partial charge is 0.298 e. The molecule has 0 aromatic carbocycles. The Bertz CT molecular complexity index is 117. The minimum absolute atomic E-state index is 0.534. The third-order valence-corrected chi connectivity index (χ3v) is 0.714. The maximum Gasteiger partial charge on any atom is 0.161 e. The zero-order chi connectivity index (χ0) is 5.11. The number of allylic oxidation sites excluding steroid dienone is 2. The van der Waals surface area contributed by atoms with Gasteiger partial charge in [-0.1, -0.05) is 11.6 Å². The fourth-order valence-electron chi connectivity index (χ4n) is 0.238. The van der Waals surface area contributed by atoms with Crippen LogP contribution in [-0.4, -0.2) is 0 Å². The molecule has 1 aliphatic rings. The van der Waals surface area contributed by atoms with Crippen LogP contribution in [-0.2, 0) is 9.78 Å². The number of hydrogen-bond acceptors (Lipinski definition) is 2. The maximum absolute atomic E-state index is 5.39. The molecule has 0 aromatic rings. The first-order valence-electron chi connectivity index (χ1n) is 1.74. The first-order chi connectivity index (χ1) is 3.39. The van der Waals surface area contributed by atoms with Gasteiger partial charge in [0.05, 0.1) is 5.03 Å². The summed E-state index contributed by atoms with van der Waals surface area (Å²) in [7, 11) is 0. The normalized spacial score (nSPS) is 17.0. The predicted molar refractivity (Wildman–Crippen MR) is 25.2 cm³/mol. The van der Waals surface area contributed by atoms with Crippen LogP contribution in [0.3, 0.4) is 0 Å². The highest BCUT2D eigenvalue weighted by molar-refractivity contribution is 6.31. The van der Waals surface area contributed by atoms with Gasteiger partial charge in [-0.3, -0.25) is 9.78 Å². The number of rotatable bonds is 0. The molecule has 0 unspecified atom stereocenters. The van der Waals surface area contributed by atoms with Crippen molar-refractivity contribution in [2.45, 2.75) is 0 Å². The Morgan fingerprint density at radius 2 is 2.29 bits per heavy atom. The molecule has 0 saturated heterocycles. The van der Waals surface area contributed by atoms with Crippen molar-refractivity contribution in [3.8, 4) is 0 Å². The van der Waals surface area contributed by atoms with E-state index in [2.05, 4.69) is 9.78 Å². The fourth-order valence-corrected chi connectivity index (χ4v) is 0.326.